The van der Waals surface area contributed by atoms with Gasteiger partial charge in [0.25, 0.3) is 0 Å². The van der Waals surface area contributed by atoms with Crippen molar-refractivity contribution < 1.29 is 14.3 Å². The molecule has 2 aromatic rings. The molecule has 0 unspecified atom stereocenters. The van der Waals surface area contributed by atoms with Gasteiger partial charge in [0.05, 0.1) is 5.60 Å². The van der Waals surface area contributed by atoms with Gasteiger partial charge in [0.2, 0.25) is 0 Å². The van der Waals surface area contributed by atoms with Gasteiger partial charge in [0.1, 0.15) is 5.52 Å². The molecule has 0 radical (unpaired) electrons. The molecule has 0 atom stereocenters. The van der Waals surface area contributed by atoms with E-state index in [0.717, 1.165) is 44.0 Å². The van der Waals surface area contributed by atoms with Crippen LogP contribution in [-0.2, 0) is 6.42 Å². The molecule has 1 aliphatic carbocycles. The number of oxazole rings is 1. The highest BCUT2D eigenvalue weighted by molar-refractivity contribution is 5.91. The molecule has 0 spiro atoms. The summed E-state index contributed by atoms with van der Waals surface area (Å²) in [4.78, 5) is 16.4. The lowest BCUT2D eigenvalue weighted by molar-refractivity contribution is 0.00755. The highest BCUT2D eigenvalue weighted by Crippen LogP contribution is 2.27. The predicted octanol–water partition coefficient (Wildman–Crippen LogP) is 3.21. The van der Waals surface area contributed by atoms with Crippen molar-refractivity contribution in [3.8, 4) is 0 Å². The predicted molar refractivity (Wildman–Crippen MR) is 88.4 cm³/mol. The summed E-state index contributed by atoms with van der Waals surface area (Å²) in [5.74, 6) is 0.682. The van der Waals surface area contributed by atoms with Crippen molar-refractivity contribution in [2.24, 2.45) is 0 Å². The van der Waals surface area contributed by atoms with Crippen molar-refractivity contribution in [3.05, 3.63) is 24.1 Å². The van der Waals surface area contributed by atoms with Gasteiger partial charge in [-0.3, -0.25) is 0 Å². The quantitative estimate of drug-likeness (QED) is 0.808. The molecule has 6 heteroatoms. The highest BCUT2D eigenvalue weighted by atomic mass is 16.3. The maximum absolute atomic E-state index is 12.0. The molecule has 1 saturated carbocycles. The lowest BCUT2D eigenvalue weighted by atomic mass is 9.85. The van der Waals surface area contributed by atoms with Crippen LogP contribution < -0.4 is 10.6 Å². The topological polar surface area (TPSA) is 87.4 Å². The molecule has 1 fully saturated rings. The Labute approximate surface area is 135 Å². The molecule has 1 aliphatic rings. The number of nitrogens with zero attached hydrogens (tertiary/aromatic N) is 1. The number of benzene rings is 1. The van der Waals surface area contributed by atoms with Crippen molar-refractivity contribution >= 4 is 22.8 Å². The van der Waals surface area contributed by atoms with Crippen molar-refractivity contribution in [2.75, 3.05) is 11.9 Å². The van der Waals surface area contributed by atoms with Gasteiger partial charge in [-0.25, -0.2) is 9.78 Å². The Bertz CT molecular complexity index is 689. The summed E-state index contributed by atoms with van der Waals surface area (Å²) in [5.41, 5.74) is 1.33. The lowest BCUT2D eigenvalue weighted by Crippen LogP contribution is -2.45. The van der Waals surface area contributed by atoms with Gasteiger partial charge in [-0.1, -0.05) is 26.2 Å². The van der Waals surface area contributed by atoms with Gasteiger partial charge in [0, 0.05) is 18.7 Å². The van der Waals surface area contributed by atoms with E-state index in [2.05, 4.69) is 15.6 Å². The van der Waals surface area contributed by atoms with E-state index in [1.807, 2.05) is 6.92 Å². The largest absolute Gasteiger partial charge is 0.441 e. The second kappa shape index (κ2) is 6.58. The van der Waals surface area contributed by atoms with Crippen LogP contribution in [0.4, 0.5) is 10.5 Å². The molecule has 1 aromatic carbocycles. The monoisotopic (exact) mass is 317 g/mol. The molecule has 0 bridgehead atoms. The molecule has 1 aromatic heterocycles. The average Bonchev–Trinajstić information content (AvgIpc) is 2.96. The number of fused-ring (bicyclic) bond motifs is 1. The van der Waals surface area contributed by atoms with Crippen molar-refractivity contribution in [2.45, 2.75) is 51.0 Å². The molecular weight excluding hydrogens is 294 g/mol. The first-order chi connectivity index (χ1) is 11.1. The summed E-state index contributed by atoms with van der Waals surface area (Å²) in [6, 6.07) is 5.04. The number of amides is 2. The second-order valence-electron chi connectivity index (χ2n) is 6.24. The third-order valence-corrected chi connectivity index (χ3v) is 4.35. The Kier molecular flexibility index (Phi) is 4.52. The van der Waals surface area contributed by atoms with Gasteiger partial charge in [0.15, 0.2) is 11.5 Å². The molecule has 124 valence electrons. The Morgan fingerprint density at radius 1 is 1.35 bits per heavy atom. The number of anilines is 1. The Hall–Kier alpha value is -2.08. The molecule has 0 saturated heterocycles. The second-order valence-corrected chi connectivity index (χ2v) is 6.24. The van der Waals surface area contributed by atoms with Gasteiger partial charge in [-0.2, -0.15) is 0 Å². The van der Waals surface area contributed by atoms with E-state index in [1.165, 1.54) is 0 Å². The number of carbonyl (C=O) groups is 1. The van der Waals surface area contributed by atoms with Crippen LogP contribution in [0.25, 0.3) is 11.1 Å². The number of hydrogen-bond donors (Lipinski definition) is 3. The Balaban J connectivity index is 1.58. The molecule has 2 amide bonds. The Morgan fingerprint density at radius 2 is 2.13 bits per heavy atom. The van der Waals surface area contributed by atoms with Gasteiger partial charge >= 0.3 is 6.03 Å². The van der Waals surface area contributed by atoms with Crippen LogP contribution in [0.5, 0.6) is 0 Å². The molecule has 0 aliphatic heterocycles. The summed E-state index contributed by atoms with van der Waals surface area (Å²) >= 11 is 0. The van der Waals surface area contributed by atoms with E-state index in [4.69, 9.17) is 4.42 Å². The van der Waals surface area contributed by atoms with Crippen molar-refractivity contribution in [1.82, 2.24) is 10.3 Å². The standard InChI is InChI=1S/C17H23N3O3/c1-2-15-20-13-10-12(6-7-14(13)23-15)19-16(21)18-11-17(22)8-4-3-5-9-17/h6-7,10,22H,2-5,8-9,11H2,1H3,(H2,18,19,21). The number of hydrogen-bond acceptors (Lipinski definition) is 4. The minimum absolute atomic E-state index is 0.283. The zero-order valence-electron chi connectivity index (χ0n) is 13.4. The summed E-state index contributed by atoms with van der Waals surface area (Å²) in [5, 5.41) is 15.9. The lowest BCUT2D eigenvalue weighted by Gasteiger charge is -2.32. The van der Waals surface area contributed by atoms with Gasteiger partial charge in [-0.05, 0) is 31.0 Å². The first kappa shape index (κ1) is 15.8. The smallest absolute Gasteiger partial charge is 0.319 e. The minimum atomic E-state index is -0.762. The molecular formula is C17H23N3O3. The maximum Gasteiger partial charge on any atom is 0.319 e. The van der Waals surface area contributed by atoms with E-state index in [9.17, 15) is 9.90 Å². The fourth-order valence-corrected chi connectivity index (χ4v) is 3.01. The Morgan fingerprint density at radius 3 is 2.87 bits per heavy atom. The fourth-order valence-electron chi connectivity index (χ4n) is 3.01. The molecule has 3 N–H and O–H groups in total. The number of carbonyl (C=O) groups excluding carboxylic acids is 1. The van der Waals surface area contributed by atoms with Crippen LogP contribution in [0.15, 0.2) is 22.6 Å². The molecule has 6 nitrogen and oxygen atoms in total. The van der Waals surface area contributed by atoms with Crippen LogP contribution in [0.1, 0.15) is 44.9 Å². The first-order valence-corrected chi connectivity index (χ1v) is 8.25. The molecule has 1 heterocycles. The average molecular weight is 317 g/mol. The van der Waals surface area contributed by atoms with Gasteiger partial charge in [-0.15, -0.1) is 0 Å². The maximum atomic E-state index is 12.0. The van der Waals surface area contributed by atoms with E-state index in [1.54, 1.807) is 18.2 Å². The molecule has 3 rings (SSSR count). The third-order valence-electron chi connectivity index (χ3n) is 4.35. The number of nitrogens with one attached hydrogen (secondary N) is 2. The number of aliphatic hydroxyl groups is 1. The highest BCUT2D eigenvalue weighted by Gasteiger charge is 2.29. The van der Waals surface area contributed by atoms with Crippen LogP contribution >= 0.6 is 0 Å². The van der Waals surface area contributed by atoms with Crippen molar-refractivity contribution in [1.29, 1.82) is 0 Å². The molecule has 23 heavy (non-hydrogen) atoms. The fraction of sp³-hybridized carbons (Fsp3) is 0.529. The van der Waals surface area contributed by atoms with E-state index >= 15 is 0 Å². The number of aromatic nitrogens is 1. The zero-order chi connectivity index (χ0) is 16.3. The summed E-state index contributed by atoms with van der Waals surface area (Å²) in [6.07, 6.45) is 5.42. The van der Waals surface area contributed by atoms with Crippen molar-refractivity contribution in [3.63, 3.8) is 0 Å². The number of urea groups is 1. The van der Waals surface area contributed by atoms with Crippen LogP contribution in [0.3, 0.4) is 0 Å². The minimum Gasteiger partial charge on any atom is -0.441 e. The number of rotatable bonds is 4. The zero-order valence-corrected chi connectivity index (χ0v) is 13.4. The first-order valence-electron chi connectivity index (χ1n) is 8.25. The van der Waals surface area contributed by atoms with E-state index in [-0.39, 0.29) is 12.6 Å². The van der Waals surface area contributed by atoms with E-state index < -0.39 is 5.60 Å². The summed E-state index contributed by atoms with van der Waals surface area (Å²) in [7, 11) is 0. The number of aryl methyl sites for hydroxylation is 1. The normalized spacial score (nSPS) is 17.1. The van der Waals surface area contributed by atoms with Crippen LogP contribution in [-0.4, -0.2) is 28.3 Å². The third kappa shape index (κ3) is 3.82. The van der Waals surface area contributed by atoms with Crippen LogP contribution in [0.2, 0.25) is 0 Å². The summed E-state index contributed by atoms with van der Waals surface area (Å²) in [6.45, 7) is 2.26. The van der Waals surface area contributed by atoms with Crippen LogP contribution in [0, 0.1) is 0 Å². The van der Waals surface area contributed by atoms with Gasteiger partial charge < -0.3 is 20.2 Å². The SMILES string of the molecule is CCc1nc2cc(NC(=O)NCC3(O)CCCCC3)ccc2o1. The summed E-state index contributed by atoms with van der Waals surface area (Å²) < 4.78 is 5.54. The van der Waals surface area contributed by atoms with E-state index in [0.29, 0.717) is 17.2 Å².